The summed E-state index contributed by atoms with van der Waals surface area (Å²) in [5.74, 6) is 0.711. The molecule has 0 aromatic heterocycles. The lowest BCUT2D eigenvalue weighted by Gasteiger charge is -2.25. The minimum atomic E-state index is 0. The van der Waals surface area contributed by atoms with Crippen LogP contribution in [0.4, 0.5) is 0 Å². The number of hydrogen-bond acceptors (Lipinski definition) is 4. The van der Waals surface area contributed by atoms with Crippen molar-refractivity contribution in [2.75, 3.05) is 39.5 Å². The van der Waals surface area contributed by atoms with Gasteiger partial charge in [-0.25, -0.2) is 0 Å². The molecule has 2 heterocycles. The Balaban J connectivity index is 0.00000162. The maximum absolute atomic E-state index is 11.7. The van der Waals surface area contributed by atoms with Gasteiger partial charge >= 0.3 is 0 Å². The molecule has 0 aromatic rings. The van der Waals surface area contributed by atoms with Crippen molar-refractivity contribution in [3.63, 3.8) is 0 Å². The zero-order valence-corrected chi connectivity index (χ0v) is 11.5. The second kappa shape index (κ2) is 8.69. The van der Waals surface area contributed by atoms with Crippen LogP contribution in [-0.4, -0.2) is 51.5 Å². The monoisotopic (exact) mass is 278 g/mol. The number of morpholine rings is 1. The highest BCUT2D eigenvalue weighted by atomic mass is 35.5. The third-order valence-electron chi connectivity index (χ3n) is 3.36. The molecule has 2 aliphatic rings. The van der Waals surface area contributed by atoms with Crippen molar-refractivity contribution in [3.8, 4) is 0 Å². The third kappa shape index (κ3) is 5.52. The summed E-state index contributed by atoms with van der Waals surface area (Å²) in [4.78, 5) is 11.7. The second-order valence-corrected chi connectivity index (χ2v) is 4.79. The maximum Gasteiger partial charge on any atom is 0.221 e. The van der Waals surface area contributed by atoms with Gasteiger partial charge in [0, 0.05) is 38.8 Å². The van der Waals surface area contributed by atoms with Gasteiger partial charge in [-0.15, -0.1) is 12.4 Å². The molecule has 2 rings (SSSR count). The Morgan fingerprint density at radius 2 is 2.00 bits per heavy atom. The lowest BCUT2D eigenvalue weighted by Crippen LogP contribution is -2.44. The average molecular weight is 279 g/mol. The van der Waals surface area contributed by atoms with Crippen molar-refractivity contribution >= 4 is 18.3 Å². The van der Waals surface area contributed by atoms with Gasteiger partial charge in [0.1, 0.15) is 0 Å². The molecule has 0 saturated carbocycles. The Kier molecular flexibility index (Phi) is 7.58. The van der Waals surface area contributed by atoms with Gasteiger partial charge in [-0.05, 0) is 18.8 Å². The van der Waals surface area contributed by atoms with E-state index in [0.29, 0.717) is 18.9 Å². The molecule has 1 unspecified atom stereocenters. The molecule has 0 bridgehead atoms. The molecule has 2 N–H and O–H groups in total. The molecule has 0 radical (unpaired) electrons. The summed E-state index contributed by atoms with van der Waals surface area (Å²) in [7, 11) is 0. The van der Waals surface area contributed by atoms with Crippen molar-refractivity contribution in [3.05, 3.63) is 0 Å². The first-order valence-corrected chi connectivity index (χ1v) is 6.50. The molecule has 2 aliphatic heterocycles. The Bertz CT molecular complexity index is 241. The van der Waals surface area contributed by atoms with Crippen molar-refractivity contribution in [2.24, 2.45) is 5.92 Å². The van der Waals surface area contributed by atoms with Crippen LogP contribution >= 0.6 is 12.4 Å². The molecule has 2 fully saturated rings. The summed E-state index contributed by atoms with van der Waals surface area (Å²) in [5.41, 5.74) is 0. The Morgan fingerprint density at radius 3 is 2.67 bits per heavy atom. The number of carbonyl (C=O) groups is 1. The van der Waals surface area contributed by atoms with Gasteiger partial charge in [0.25, 0.3) is 0 Å². The van der Waals surface area contributed by atoms with E-state index in [9.17, 15) is 4.79 Å². The molecule has 18 heavy (non-hydrogen) atoms. The van der Waals surface area contributed by atoms with Crippen LogP contribution in [0.1, 0.15) is 19.3 Å². The van der Waals surface area contributed by atoms with E-state index in [1.165, 1.54) is 0 Å². The normalized spacial score (nSPS) is 25.2. The summed E-state index contributed by atoms with van der Waals surface area (Å²) < 4.78 is 10.6. The first-order valence-electron chi connectivity index (χ1n) is 6.50. The van der Waals surface area contributed by atoms with Crippen LogP contribution in [0, 0.1) is 5.92 Å². The lowest BCUT2D eigenvalue weighted by atomic mass is 10.0. The zero-order valence-electron chi connectivity index (χ0n) is 10.7. The highest BCUT2D eigenvalue weighted by Gasteiger charge is 2.18. The topological polar surface area (TPSA) is 59.6 Å². The fourth-order valence-corrected chi connectivity index (χ4v) is 2.26. The number of amides is 1. The summed E-state index contributed by atoms with van der Waals surface area (Å²) >= 11 is 0. The zero-order chi connectivity index (χ0) is 11.9. The predicted octanol–water partition coefficient (Wildman–Crippen LogP) is 0.330. The highest BCUT2D eigenvalue weighted by Crippen LogP contribution is 2.13. The van der Waals surface area contributed by atoms with E-state index in [1.807, 2.05) is 0 Å². The average Bonchev–Trinajstić information content (AvgIpc) is 2.39. The van der Waals surface area contributed by atoms with Gasteiger partial charge in [-0.1, -0.05) is 0 Å². The Labute approximate surface area is 114 Å². The van der Waals surface area contributed by atoms with E-state index >= 15 is 0 Å². The van der Waals surface area contributed by atoms with Gasteiger partial charge in [0.15, 0.2) is 0 Å². The van der Waals surface area contributed by atoms with Crippen LogP contribution < -0.4 is 10.6 Å². The van der Waals surface area contributed by atoms with Crippen LogP contribution in [0.25, 0.3) is 0 Å². The first-order chi connectivity index (χ1) is 8.34. The molecule has 1 atom stereocenters. The number of halogens is 1. The molecule has 106 valence electrons. The van der Waals surface area contributed by atoms with Gasteiger partial charge < -0.3 is 20.1 Å². The Morgan fingerprint density at radius 1 is 1.22 bits per heavy atom. The molecule has 0 aliphatic carbocycles. The smallest absolute Gasteiger partial charge is 0.221 e. The van der Waals surface area contributed by atoms with Crippen molar-refractivity contribution < 1.29 is 14.3 Å². The molecule has 0 spiro atoms. The number of hydrogen-bond donors (Lipinski definition) is 2. The molecular formula is C12H23ClN2O3. The molecule has 5 nitrogen and oxygen atoms in total. The van der Waals surface area contributed by atoms with E-state index < -0.39 is 0 Å². The maximum atomic E-state index is 11.7. The van der Waals surface area contributed by atoms with E-state index in [2.05, 4.69) is 10.6 Å². The quantitative estimate of drug-likeness (QED) is 0.778. The molecule has 1 amide bonds. The van der Waals surface area contributed by atoms with Crippen LogP contribution in [-0.2, 0) is 14.3 Å². The number of nitrogens with one attached hydrogen (secondary N) is 2. The van der Waals surface area contributed by atoms with Crippen LogP contribution in [0.2, 0.25) is 0 Å². The van der Waals surface area contributed by atoms with Gasteiger partial charge in [0.05, 0.1) is 13.2 Å². The van der Waals surface area contributed by atoms with Crippen LogP contribution in [0.3, 0.4) is 0 Å². The van der Waals surface area contributed by atoms with E-state index in [0.717, 1.165) is 45.8 Å². The van der Waals surface area contributed by atoms with E-state index in [4.69, 9.17) is 9.47 Å². The van der Waals surface area contributed by atoms with Gasteiger partial charge in [0.2, 0.25) is 5.91 Å². The highest BCUT2D eigenvalue weighted by molar-refractivity contribution is 5.85. The van der Waals surface area contributed by atoms with Crippen LogP contribution in [0.15, 0.2) is 0 Å². The standard InChI is InChI=1S/C12H22N2O3.ClH/c15-12(7-11-9-17-6-3-13-11)14-8-10-1-4-16-5-2-10;/h10-11,13H,1-9H2,(H,14,15);1H. The summed E-state index contributed by atoms with van der Waals surface area (Å²) in [6.45, 7) is 4.69. The van der Waals surface area contributed by atoms with Crippen molar-refractivity contribution in [2.45, 2.75) is 25.3 Å². The molecule has 0 aromatic carbocycles. The summed E-state index contributed by atoms with van der Waals surface area (Å²) in [6.07, 6.45) is 2.64. The minimum absolute atomic E-state index is 0. The minimum Gasteiger partial charge on any atom is -0.381 e. The fourth-order valence-electron chi connectivity index (χ4n) is 2.26. The fraction of sp³-hybridized carbons (Fsp3) is 0.917. The number of ether oxygens (including phenoxy) is 2. The summed E-state index contributed by atoms with van der Waals surface area (Å²) in [5, 5.41) is 6.29. The lowest BCUT2D eigenvalue weighted by molar-refractivity contribution is -0.122. The largest absolute Gasteiger partial charge is 0.381 e. The third-order valence-corrected chi connectivity index (χ3v) is 3.36. The molecular weight excluding hydrogens is 256 g/mol. The van der Waals surface area contributed by atoms with E-state index in [-0.39, 0.29) is 24.4 Å². The predicted molar refractivity (Wildman–Crippen MR) is 71.0 cm³/mol. The van der Waals surface area contributed by atoms with Crippen LogP contribution in [0.5, 0.6) is 0 Å². The second-order valence-electron chi connectivity index (χ2n) is 4.79. The van der Waals surface area contributed by atoms with E-state index in [1.54, 1.807) is 0 Å². The SMILES string of the molecule is Cl.O=C(CC1COCCN1)NCC1CCOCC1. The van der Waals surface area contributed by atoms with Crippen molar-refractivity contribution in [1.82, 2.24) is 10.6 Å². The van der Waals surface area contributed by atoms with Gasteiger partial charge in [-0.2, -0.15) is 0 Å². The first kappa shape index (κ1) is 15.7. The molecule has 6 heteroatoms. The van der Waals surface area contributed by atoms with Gasteiger partial charge in [-0.3, -0.25) is 4.79 Å². The number of carbonyl (C=O) groups excluding carboxylic acids is 1. The number of rotatable bonds is 4. The summed E-state index contributed by atoms with van der Waals surface area (Å²) in [6, 6.07) is 0.179. The Hall–Kier alpha value is -0.360. The van der Waals surface area contributed by atoms with Crippen molar-refractivity contribution in [1.29, 1.82) is 0 Å². The molecule has 2 saturated heterocycles.